The summed E-state index contributed by atoms with van der Waals surface area (Å²) in [5, 5.41) is 16.8. The molecule has 0 saturated heterocycles. The van der Waals surface area contributed by atoms with Crippen LogP contribution in [0.25, 0.3) is 11.0 Å². The maximum Gasteiger partial charge on any atom is 0.292 e. The Balaban J connectivity index is 1.46. The molecule has 0 bridgehead atoms. The number of aryl methyl sites for hydroxylation is 1. The number of carbonyl (C=O) groups is 1. The van der Waals surface area contributed by atoms with Crippen molar-refractivity contribution in [1.29, 1.82) is 0 Å². The molecule has 0 aliphatic heterocycles. The van der Waals surface area contributed by atoms with E-state index < -0.39 is 4.92 Å². The Morgan fingerprint density at radius 3 is 2.70 bits per heavy atom. The van der Waals surface area contributed by atoms with Gasteiger partial charge in [-0.05, 0) is 25.1 Å². The third-order valence-electron chi connectivity index (χ3n) is 4.27. The lowest BCUT2D eigenvalue weighted by molar-refractivity contribution is -0.384. The molecule has 3 rings (SSSR count). The van der Waals surface area contributed by atoms with E-state index in [4.69, 9.17) is 0 Å². The van der Waals surface area contributed by atoms with Crippen molar-refractivity contribution >= 4 is 28.3 Å². The average molecular weight is 367 g/mol. The quantitative estimate of drug-likeness (QED) is 0.471. The fraction of sp³-hybridized carbons (Fsp3) is 0.263. The third kappa shape index (κ3) is 4.41. The maximum absolute atomic E-state index is 12.0. The van der Waals surface area contributed by atoms with E-state index in [1.807, 2.05) is 31.2 Å². The number of aromatic nitrogens is 2. The lowest BCUT2D eigenvalue weighted by atomic mass is 10.2. The van der Waals surface area contributed by atoms with Gasteiger partial charge in [0, 0.05) is 32.1 Å². The molecule has 0 aliphatic carbocycles. The van der Waals surface area contributed by atoms with Crippen molar-refractivity contribution in [3.8, 4) is 0 Å². The number of nitrogens with zero attached hydrogens (tertiary/aromatic N) is 3. The van der Waals surface area contributed by atoms with E-state index in [1.54, 1.807) is 18.2 Å². The predicted octanol–water partition coefficient (Wildman–Crippen LogP) is 2.87. The van der Waals surface area contributed by atoms with E-state index in [1.165, 1.54) is 6.07 Å². The van der Waals surface area contributed by atoms with Crippen LogP contribution in [0.5, 0.6) is 0 Å². The summed E-state index contributed by atoms with van der Waals surface area (Å²) in [6.45, 7) is 3.39. The van der Waals surface area contributed by atoms with Gasteiger partial charge < -0.3 is 15.2 Å². The zero-order valence-electron chi connectivity index (χ0n) is 15.0. The topological polar surface area (TPSA) is 102 Å². The summed E-state index contributed by atoms with van der Waals surface area (Å²) in [6.07, 6.45) is 0.232. The molecule has 8 nitrogen and oxygen atoms in total. The van der Waals surface area contributed by atoms with Crippen LogP contribution in [0.15, 0.2) is 48.5 Å². The first-order valence-corrected chi connectivity index (χ1v) is 8.72. The minimum atomic E-state index is -0.444. The smallest absolute Gasteiger partial charge is 0.292 e. The van der Waals surface area contributed by atoms with Gasteiger partial charge in [0.15, 0.2) is 0 Å². The third-order valence-corrected chi connectivity index (χ3v) is 4.27. The molecular weight excluding hydrogens is 346 g/mol. The number of rotatable bonds is 8. The van der Waals surface area contributed by atoms with E-state index in [0.29, 0.717) is 25.3 Å². The molecule has 1 amide bonds. The number of nitro groups is 1. The number of imidazole rings is 1. The predicted molar refractivity (Wildman–Crippen MR) is 104 cm³/mol. The number of anilines is 1. The summed E-state index contributed by atoms with van der Waals surface area (Å²) < 4.78 is 2.07. The van der Waals surface area contributed by atoms with Crippen LogP contribution in [-0.2, 0) is 11.3 Å². The number of benzene rings is 2. The highest BCUT2D eigenvalue weighted by Crippen LogP contribution is 2.22. The summed E-state index contributed by atoms with van der Waals surface area (Å²) in [5.41, 5.74) is 2.40. The zero-order valence-corrected chi connectivity index (χ0v) is 15.0. The van der Waals surface area contributed by atoms with Gasteiger partial charge in [0.2, 0.25) is 5.91 Å². The monoisotopic (exact) mass is 367 g/mol. The van der Waals surface area contributed by atoms with Crippen molar-refractivity contribution in [3.05, 3.63) is 64.5 Å². The second-order valence-corrected chi connectivity index (χ2v) is 6.10. The zero-order chi connectivity index (χ0) is 19.2. The van der Waals surface area contributed by atoms with E-state index in [9.17, 15) is 14.9 Å². The molecule has 0 unspecified atom stereocenters. The molecule has 140 valence electrons. The van der Waals surface area contributed by atoms with Crippen LogP contribution in [-0.4, -0.2) is 33.5 Å². The van der Waals surface area contributed by atoms with Crippen LogP contribution in [0.3, 0.4) is 0 Å². The van der Waals surface area contributed by atoms with Gasteiger partial charge in [-0.25, -0.2) is 4.98 Å². The van der Waals surface area contributed by atoms with Crippen molar-refractivity contribution in [1.82, 2.24) is 14.9 Å². The van der Waals surface area contributed by atoms with Gasteiger partial charge in [-0.1, -0.05) is 24.3 Å². The highest BCUT2D eigenvalue weighted by atomic mass is 16.6. The molecule has 3 aromatic rings. The Kier molecular flexibility index (Phi) is 5.65. The van der Waals surface area contributed by atoms with Gasteiger partial charge >= 0.3 is 0 Å². The van der Waals surface area contributed by atoms with E-state index in [0.717, 1.165) is 16.9 Å². The van der Waals surface area contributed by atoms with Crippen LogP contribution in [0.4, 0.5) is 11.4 Å². The van der Waals surface area contributed by atoms with Gasteiger partial charge in [-0.3, -0.25) is 14.9 Å². The van der Waals surface area contributed by atoms with Gasteiger partial charge in [0.1, 0.15) is 11.5 Å². The Hall–Kier alpha value is -3.42. The fourth-order valence-electron chi connectivity index (χ4n) is 2.97. The largest absolute Gasteiger partial charge is 0.379 e. The Morgan fingerprint density at radius 1 is 1.15 bits per heavy atom. The Labute approximate surface area is 156 Å². The maximum atomic E-state index is 12.0. The summed E-state index contributed by atoms with van der Waals surface area (Å²) in [7, 11) is 0. The molecular formula is C19H21N5O3. The van der Waals surface area contributed by atoms with Crippen molar-refractivity contribution < 1.29 is 9.72 Å². The summed E-state index contributed by atoms with van der Waals surface area (Å²) in [6, 6.07) is 14.3. The standard InChI is InChI=1S/C19H21N5O3/c1-14-22-16-7-3-4-8-17(16)23(14)13-12-21-19(25)10-11-20-15-6-2-5-9-18(15)24(26)27/h2-9,20H,10-13H2,1H3,(H,21,25). The molecule has 1 heterocycles. The summed E-state index contributed by atoms with van der Waals surface area (Å²) in [5.74, 6) is 0.798. The van der Waals surface area contributed by atoms with Crippen LogP contribution >= 0.6 is 0 Å². The molecule has 0 fully saturated rings. The van der Waals surface area contributed by atoms with Gasteiger partial charge in [-0.2, -0.15) is 0 Å². The molecule has 0 spiro atoms. The Bertz CT molecular complexity index is 967. The van der Waals surface area contributed by atoms with Gasteiger partial charge in [0.25, 0.3) is 5.69 Å². The molecule has 0 saturated carbocycles. The molecule has 27 heavy (non-hydrogen) atoms. The van der Waals surface area contributed by atoms with Crippen LogP contribution in [0.1, 0.15) is 12.2 Å². The SMILES string of the molecule is Cc1nc2ccccc2n1CCNC(=O)CCNc1ccccc1[N+](=O)[O-]. The molecule has 0 atom stereocenters. The highest BCUT2D eigenvalue weighted by molar-refractivity contribution is 5.77. The molecule has 2 N–H and O–H groups in total. The second kappa shape index (κ2) is 8.31. The normalized spacial score (nSPS) is 10.7. The highest BCUT2D eigenvalue weighted by Gasteiger charge is 2.12. The van der Waals surface area contributed by atoms with Gasteiger partial charge in [0.05, 0.1) is 16.0 Å². The number of amides is 1. The van der Waals surface area contributed by atoms with E-state index in [2.05, 4.69) is 20.2 Å². The first-order valence-electron chi connectivity index (χ1n) is 8.72. The number of nitro benzene ring substituents is 1. The van der Waals surface area contributed by atoms with Crippen molar-refractivity contribution in [2.24, 2.45) is 0 Å². The van der Waals surface area contributed by atoms with Crippen LogP contribution in [0, 0.1) is 17.0 Å². The number of carbonyl (C=O) groups excluding carboxylic acids is 1. The van der Waals surface area contributed by atoms with Crippen molar-refractivity contribution in [3.63, 3.8) is 0 Å². The van der Waals surface area contributed by atoms with Crippen molar-refractivity contribution in [2.75, 3.05) is 18.4 Å². The minimum absolute atomic E-state index is 0.000342. The van der Waals surface area contributed by atoms with Crippen LogP contribution in [0.2, 0.25) is 0 Å². The number of fused-ring (bicyclic) bond motifs is 1. The minimum Gasteiger partial charge on any atom is -0.379 e. The summed E-state index contributed by atoms with van der Waals surface area (Å²) >= 11 is 0. The Morgan fingerprint density at radius 2 is 1.89 bits per heavy atom. The van der Waals surface area contributed by atoms with E-state index in [-0.39, 0.29) is 18.0 Å². The fourth-order valence-corrected chi connectivity index (χ4v) is 2.97. The number of para-hydroxylation sites is 4. The van der Waals surface area contributed by atoms with Crippen molar-refractivity contribution in [2.45, 2.75) is 19.9 Å². The summed E-state index contributed by atoms with van der Waals surface area (Å²) in [4.78, 5) is 27.0. The number of nitrogens with one attached hydrogen (secondary N) is 2. The average Bonchev–Trinajstić information content (AvgIpc) is 2.97. The van der Waals surface area contributed by atoms with Gasteiger partial charge in [-0.15, -0.1) is 0 Å². The first kappa shape index (κ1) is 18.4. The van der Waals surface area contributed by atoms with E-state index >= 15 is 0 Å². The lowest BCUT2D eigenvalue weighted by Gasteiger charge is -2.10. The molecule has 2 aromatic carbocycles. The van der Waals surface area contributed by atoms with Crippen LogP contribution < -0.4 is 10.6 Å². The number of hydrogen-bond acceptors (Lipinski definition) is 5. The lowest BCUT2D eigenvalue weighted by Crippen LogP contribution is -2.28. The molecule has 0 radical (unpaired) electrons. The second-order valence-electron chi connectivity index (χ2n) is 6.10. The molecule has 0 aliphatic rings. The first-order chi connectivity index (χ1) is 13.1. The molecule has 8 heteroatoms. The molecule has 1 aromatic heterocycles. The number of hydrogen-bond donors (Lipinski definition) is 2.